The average molecular weight is 309 g/mol. The third-order valence-corrected chi connectivity index (χ3v) is 3.20. The van der Waals surface area contributed by atoms with Crippen molar-refractivity contribution in [1.29, 1.82) is 0 Å². The lowest BCUT2D eigenvalue weighted by atomic mass is 10.1. The Morgan fingerprint density at radius 2 is 2.06 bits per heavy atom. The third-order valence-electron chi connectivity index (χ3n) is 2.44. The summed E-state index contributed by atoms with van der Waals surface area (Å²) in [5, 5.41) is 4.63. The number of aromatic nitrogens is 3. The summed E-state index contributed by atoms with van der Waals surface area (Å²) < 4.78 is 2.62. The highest BCUT2D eigenvalue weighted by Gasteiger charge is 2.06. The molecule has 3 aromatic rings. The molecule has 2 aromatic heterocycles. The van der Waals surface area contributed by atoms with Crippen molar-refractivity contribution in [1.82, 2.24) is 14.6 Å². The smallest absolute Gasteiger partial charge is 0.157 e. The maximum absolute atomic E-state index is 6.14. The lowest BCUT2D eigenvalue weighted by Crippen LogP contribution is -1.94. The van der Waals surface area contributed by atoms with Crippen LogP contribution >= 0.6 is 27.5 Å². The van der Waals surface area contributed by atoms with Gasteiger partial charge < -0.3 is 0 Å². The van der Waals surface area contributed by atoms with Gasteiger partial charge in [0.05, 0.1) is 11.9 Å². The fourth-order valence-corrected chi connectivity index (χ4v) is 2.30. The second kappa shape index (κ2) is 4.13. The Balaban J connectivity index is 2.23. The summed E-state index contributed by atoms with van der Waals surface area (Å²) in [7, 11) is 0. The first-order valence-electron chi connectivity index (χ1n) is 5.00. The summed E-state index contributed by atoms with van der Waals surface area (Å²) in [5.74, 6) is 0. The van der Waals surface area contributed by atoms with Crippen LogP contribution in [0, 0.1) is 0 Å². The maximum Gasteiger partial charge on any atom is 0.157 e. The summed E-state index contributed by atoms with van der Waals surface area (Å²) >= 11 is 9.58. The monoisotopic (exact) mass is 307 g/mol. The van der Waals surface area contributed by atoms with Crippen LogP contribution in [-0.4, -0.2) is 14.6 Å². The lowest BCUT2D eigenvalue weighted by molar-refractivity contribution is 0.942. The molecular weight excluding hydrogens is 302 g/mol. The van der Waals surface area contributed by atoms with E-state index in [0.717, 1.165) is 21.4 Å². The second-order valence-corrected chi connectivity index (χ2v) is 4.88. The Hall–Kier alpha value is -1.39. The van der Waals surface area contributed by atoms with E-state index in [9.17, 15) is 0 Å². The first-order valence-corrected chi connectivity index (χ1v) is 6.17. The second-order valence-electron chi connectivity index (χ2n) is 3.58. The normalized spacial score (nSPS) is 10.9. The van der Waals surface area contributed by atoms with Crippen molar-refractivity contribution < 1.29 is 0 Å². The summed E-state index contributed by atoms with van der Waals surface area (Å²) in [4.78, 5) is 4.50. The van der Waals surface area contributed by atoms with E-state index >= 15 is 0 Å². The van der Waals surface area contributed by atoms with E-state index in [1.54, 1.807) is 10.7 Å². The topological polar surface area (TPSA) is 30.2 Å². The number of rotatable bonds is 1. The summed E-state index contributed by atoms with van der Waals surface area (Å²) in [6.45, 7) is 0. The molecule has 0 unspecified atom stereocenters. The third kappa shape index (κ3) is 1.94. The molecular formula is C12H7BrClN3. The highest BCUT2D eigenvalue weighted by molar-refractivity contribution is 9.10. The quantitative estimate of drug-likeness (QED) is 0.640. The molecule has 0 aliphatic rings. The number of hydrogen-bond acceptors (Lipinski definition) is 2. The summed E-state index contributed by atoms with van der Waals surface area (Å²) in [5.41, 5.74) is 2.60. The SMILES string of the molecule is Clc1cc(-c2cccc(Br)c2)nc2ccnn12. The molecule has 0 amide bonds. The molecule has 1 aromatic carbocycles. The Bertz CT molecular complexity index is 693. The highest BCUT2D eigenvalue weighted by Crippen LogP contribution is 2.24. The first-order chi connectivity index (χ1) is 8.24. The van der Waals surface area contributed by atoms with E-state index in [0.29, 0.717) is 5.15 Å². The molecule has 0 saturated heterocycles. The van der Waals surface area contributed by atoms with Crippen LogP contribution in [0.2, 0.25) is 5.15 Å². The zero-order valence-electron chi connectivity index (χ0n) is 8.64. The van der Waals surface area contributed by atoms with Crippen LogP contribution in [0.25, 0.3) is 16.9 Å². The van der Waals surface area contributed by atoms with Crippen molar-refractivity contribution in [3.8, 4) is 11.3 Å². The number of halogens is 2. The lowest BCUT2D eigenvalue weighted by Gasteiger charge is -2.04. The van der Waals surface area contributed by atoms with E-state index in [-0.39, 0.29) is 0 Å². The average Bonchev–Trinajstić information content (AvgIpc) is 2.77. The van der Waals surface area contributed by atoms with Gasteiger partial charge in [0.15, 0.2) is 5.65 Å². The molecule has 5 heteroatoms. The minimum absolute atomic E-state index is 0.551. The molecule has 17 heavy (non-hydrogen) atoms. The molecule has 84 valence electrons. The van der Waals surface area contributed by atoms with Gasteiger partial charge in [-0.05, 0) is 12.1 Å². The van der Waals surface area contributed by atoms with Crippen molar-refractivity contribution >= 4 is 33.2 Å². The van der Waals surface area contributed by atoms with Gasteiger partial charge in [0.25, 0.3) is 0 Å². The molecule has 0 radical (unpaired) electrons. The van der Waals surface area contributed by atoms with Gasteiger partial charge >= 0.3 is 0 Å². The van der Waals surface area contributed by atoms with Crippen LogP contribution in [0.4, 0.5) is 0 Å². The predicted molar refractivity (Wildman–Crippen MR) is 71.1 cm³/mol. The zero-order valence-corrected chi connectivity index (χ0v) is 11.0. The molecule has 0 aliphatic carbocycles. The van der Waals surface area contributed by atoms with E-state index in [1.165, 1.54) is 0 Å². The molecule has 3 rings (SSSR count). The number of hydrogen-bond donors (Lipinski definition) is 0. The first kappa shape index (κ1) is 10.7. The molecule has 0 fully saturated rings. The van der Waals surface area contributed by atoms with Crippen LogP contribution in [0.15, 0.2) is 47.1 Å². The van der Waals surface area contributed by atoms with Crippen LogP contribution in [0.1, 0.15) is 0 Å². The van der Waals surface area contributed by atoms with Crippen LogP contribution in [0.5, 0.6) is 0 Å². The molecule has 0 atom stereocenters. The van der Waals surface area contributed by atoms with Gasteiger partial charge in [0, 0.05) is 22.2 Å². The Kier molecular flexibility index (Phi) is 2.61. The van der Waals surface area contributed by atoms with E-state index < -0.39 is 0 Å². The highest BCUT2D eigenvalue weighted by atomic mass is 79.9. The molecule has 0 spiro atoms. The fourth-order valence-electron chi connectivity index (χ4n) is 1.67. The van der Waals surface area contributed by atoms with E-state index in [4.69, 9.17) is 11.6 Å². The summed E-state index contributed by atoms with van der Waals surface area (Å²) in [6.07, 6.45) is 1.68. The Labute approximate surface area is 111 Å². The van der Waals surface area contributed by atoms with Gasteiger partial charge in [-0.25, -0.2) is 9.50 Å². The molecule has 0 saturated carbocycles. The molecule has 0 aliphatic heterocycles. The van der Waals surface area contributed by atoms with Crippen molar-refractivity contribution in [2.75, 3.05) is 0 Å². The van der Waals surface area contributed by atoms with Crippen molar-refractivity contribution in [2.45, 2.75) is 0 Å². The zero-order chi connectivity index (χ0) is 11.8. The molecule has 0 N–H and O–H groups in total. The minimum atomic E-state index is 0.551. The maximum atomic E-state index is 6.14. The van der Waals surface area contributed by atoms with Crippen molar-refractivity contribution in [3.63, 3.8) is 0 Å². The number of benzene rings is 1. The Morgan fingerprint density at radius 3 is 2.88 bits per heavy atom. The minimum Gasteiger partial charge on any atom is -0.228 e. The van der Waals surface area contributed by atoms with Crippen molar-refractivity contribution in [2.24, 2.45) is 0 Å². The van der Waals surface area contributed by atoms with Gasteiger partial charge in [-0.2, -0.15) is 5.10 Å². The van der Waals surface area contributed by atoms with Gasteiger partial charge in [0.1, 0.15) is 5.15 Å². The van der Waals surface area contributed by atoms with Crippen molar-refractivity contribution in [3.05, 3.63) is 52.2 Å². The summed E-state index contributed by atoms with van der Waals surface area (Å²) in [6, 6.07) is 11.6. The number of fused-ring (bicyclic) bond motifs is 1. The predicted octanol–water partition coefficient (Wildman–Crippen LogP) is 3.81. The fraction of sp³-hybridized carbons (Fsp3) is 0. The van der Waals surface area contributed by atoms with Crippen LogP contribution < -0.4 is 0 Å². The molecule has 3 nitrogen and oxygen atoms in total. The van der Waals surface area contributed by atoms with Gasteiger partial charge in [-0.15, -0.1) is 0 Å². The largest absolute Gasteiger partial charge is 0.228 e. The molecule has 2 heterocycles. The van der Waals surface area contributed by atoms with E-state index in [1.807, 2.05) is 36.4 Å². The van der Waals surface area contributed by atoms with Gasteiger partial charge in [-0.1, -0.05) is 39.7 Å². The molecule has 0 bridgehead atoms. The van der Waals surface area contributed by atoms with Gasteiger partial charge in [-0.3, -0.25) is 0 Å². The Morgan fingerprint density at radius 1 is 1.18 bits per heavy atom. The van der Waals surface area contributed by atoms with Crippen LogP contribution in [-0.2, 0) is 0 Å². The van der Waals surface area contributed by atoms with E-state index in [2.05, 4.69) is 26.0 Å². The van der Waals surface area contributed by atoms with Gasteiger partial charge in [0.2, 0.25) is 0 Å². The number of nitrogens with zero attached hydrogens (tertiary/aromatic N) is 3. The standard InChI is InChI=1S/C12H7BrClN3/c13-9-3-1-2-8(6-9)10-7-11(14)17-12(16-10)4-5-15-17/h1-7H. The van der Waals surface area contributed by atoms with Crippen LogP contribution in [0.3, 0.4) is 0 Å².